The highest BCUT2D eigenvalue weighted by molar-refractivity contribution is 7.15. The molecular formula is C15H21N3OS2. The highest BCUT2D eigenvalue weighted by Gasteiger charge is 2.31. The van der Waals surface area contributed by atoms with Crippen LogP contribution in [0.25, 0.3) is 0 Å². The zero-order valence-corrected chi connectivity index (χ0v) is 13.9. The summed E-state index contributed by atoms with van der Waals surface area (Å²) in [6.45, 7) is 3.49. The first-order valence-corrected chi connectivity index (χ1v) is 9.05. The molecule has 1 N–H and O–H groups in total. The molecule has 0 atom stereocenters. The van der Waals surface area contributed by atoms with E-state index < -0.39 is 0 Å². The van der Waals surface area contributed by atoms with Crippen LogP contribution in [-0.4, -0.2) is 31.3 Å². The second kappa shape index (κ2) is 7.35. The first-order chi connectivity index (χ1) is 10.4. The zero-order valence-electron chi connectivity index (χ0n) is 12.2. The molecule has 114 valence electrons. The number of thiophene rings is 1. The average molecular weight is 323 g/mol. The maximum atomic E-state index is 5.04. The van der Waals surface area contributed by atoms with E-state index in [0.29, 0.717) is 6.04 Å². The van der Waals surface area contributed by atoms with Crippen molar-refractivity contribution in [3.63, 3.8) is 0 Å². The van der Waals surface area contributed by atoms with Gasteiger partial charge < -0.3 is 15.0 Å². The summed E-state index contributed by atoms with van der Waals surface area (Å²) in [7, 11) is 1.73. The maximum absolute atomic E-state index is 5.04. The van der Waals surface area contributed by atoms with Crippen molar-refractivity contribution in [2.45, 2.75) is 32.0 Å². The Kier molecular flexibility index (Phi) is 5.24. The van der Waals surface area contributed by atoms with Crippen molar-refractivity contribution in [3.05, 3.63) is 33.5 Å². The number of thiazole rings is 1. The molecule has 4 nitrogen and oxygen atoms in total. The van der Waals surface area contributed by atoms with Crippen LogP contribution in [0.15, 0.2) is 23.0 Å². The molecule has 1 aliphatic carbocycles. The summed E-state index contributed by atoms with van der Waals surface area (Å²) in [5.74, 6) is 0. The van der Waals surface area contributed by atoms with E-state index in [2.05, 4.69) is 32.0 Å². The Balaban J connectivity index is 1.59. The Labute approximate surface area is 133 Å². The molecule has 2 aromatic heterocycles. The predicted molar refractivity (Wildman–Crippen MR) is 89.2 cm³/mol. The van der Waals surface area contributed by atoms with Crippen molar-refractivity contribution in [2.24, 2.45) is 0 Å². The molecule has 0 bridgehead atoms. The average Bonchev–Trinajstić information content (AvgIpc) is 3.01. The molecule has 2 aromatic rings. The number of ether oxygens (including phenoxy) is 1. The number of hydrogen-bond donors (Lipinski definition) is 1. The summed E-state index contributed by atoms with van der Waals surface area (Å²) in [6, 6.07) is 2.89. The lowest BCUT2D eigenvalue weighted by atomic mass is 10.3. The number of methoxy groups -OCH3 is 1. The van der Waals surface area contributed by atoms with E-state index in [9.17, 15) is 0 Å². The van der Waals surface area contributed by atoms with Crippen molar-refractivity contribution in [1.82, 2.24) is 10.3 Å². The minimum Gasteiger partial charge on any atom is -0.383 e. The van der Waals surface area contributed by atoms with Crippen molar-refractivity contribution in [3.8, 4) is 0 Å². The van der Waals surface area contributed by atoms with Gasteiger partial charge in [-0.15, -0.1) is 11.3 Å². The van der Waals surface area contributed by atoms with E-state index >= 15 is 0 Å². The zero-order chi connectivity index (χ0) is 14.5. The number of rotatable bonds is 9. The number of aromatic nitrogens is 1. The number of hydrogen-bond acceptors (Lipinski definition) is 6. The Morgan fingerprint density at radius 3 is 3.10 bits per heavy atom. The molecule has 0 amide bonds. The van der Waals surface area contributed by atoms with Gasteiger partial charge in [0.25, 0.3) is 0 Å². The third kappa shape index (κ3) is 4.26. The smallest absolute Gasteiger partial charge is 0.186 e. The van der Waals surface area contributed by atoms with Crippen LogP contribution in [0.3, 0.4) is 0 Å². The van der Waals surface area contributed by atoms with Gasteiger partial charge in [-0.1, -0.05) is 0 Å². The number of anilines is 1. The molecule has 3 rings (SSSR count). The van der Waals surface area contributed by atoms with Gasteiger partial charge in [-0.05, 0) is 35.2 Å². The van der Waals surface area contributed by atoms with Gasteiger partial charge >= 0.3 is 0 Å². The van der Waals surface area contributed by atoms with Gasteiger partial charge in [0.05, 0.1) is 6.61 Å². The van der Waals surface area contributed by atoms with Crippen molar-refractivity contribution in [2.75, 3.05) is 25.2 Å². The first-order valence-electron chi connectivity index (χ1n) is 7.29. The minimum atomic E-state index is 0.686. The van der Waals surface area contributed by atoms with E-state index in [1.165, 1.54) is 23.3 Å². The Morgan fingerprint density at radius 1 is 1.48 bits per heavy atom. The monoisotopic (exact) mass is 323 g/mol. The fourth-order valence-corrected chi connectivity index (χ4v) is 3.83. The van der Waals surface area contributed by atoms with Crippen LogP contribution < -0.4 is 10.2 Å². The Morgan fingerprint density at radius 2 is 2.38 bits per heavy atom. The molecule has 0 aromatic carbocycles. The fraction of sp³-hybridized carbons (Fsp3) is 0.533. The van der Waals surface area contributed by atoms with E-state index in [1.807, 2.05) is 6.20 Å². The van der Waals surface area contributed by atoms with E-state index in [1.54, 1.807) is 29.8 Å². The van der Waals surface area contributed by atoms with Gasteiger partial charge in [0.2, 0.25) is 0 Å². The normalized spacial score (nSPS) is 14.5. The van der Waals surface area contributed by atoms with E-state index in [4.69, 9.17) is 4.74 Å². The molecular weight excluding hydrogens is 302 g/mol. The van der Waals surface area contributed by atoms with Crippen molar-refractivity contribution in [1.29, 1.82) is 0 Å². The molecule has 0 unspecified atom stereocenters. The standard InChI is InChI=1S/C15H21N3OS2/c1-19-6-5-16-8-14-9-17-15(21-14)18(13-2-3-13)10-12-4-7-20-11-12/h4,7,9,11,13,16H,2-3,5-6,8,10H2,1H3. The lowest BCUT2D eigenvalue weighted by Gasteiger charge is -2.20. The summed E-state index contributed by atoms with van der Waals surface area (Å²) < 4.78 is 5.04. The van der Waals surface area contributed by atoms with E-state index in [-0.39, 0.29) is 0 Å². The van der Waals surface area contributed by atoms with Crippen LogP contribution in [0.5, 0.6) is 0 Å². The van der Waals surface area contributed by atoms with Crippen LogP contribution >= 0.6 is 22.7 Å². The lowest BCUT2D eigenvalue weighted by molar-refractivity contribution is 0.199. The van der Waals surface area contributed by atoms with E-state index in [0.717, 1.165) is 31.4 Å². The van der Waals surface area contributed by atoms with Crippen LogP contribution in [0.1, 0.15) is 23.3 Å². The van der Waals surface area contributed by atoms with Crippen LogP contribution in [0.4, 0.5) is 5.13 Å². The Hall–Kier alpha value is -0.950. The molecule has 0 spiro atoms. The maximum Gasteiger partial charge on any atom is 0.186 e. The largest absolute Gasteiger partial charge is 0.383 e. The molecule has 0 saturated heterocycles. The van der Waals surface area contributed by atoms with Crippen molar-refractivity contribution < 1.29 is 4.74 Å². The first kappa shape index (κ1) is 15.0. The van der Waals surface area contributed by atoms with Crippen molar-refractivity contribution >= 4 is 27.8 Å². The molecule has 2 heterocycles. The quantitative estimate of drug-likeness (QED) is 0.720. The third-order valence-electron chi connectivity index (χ3n) is 3.49. The van der Waals surface area contributed by atoms with Gasteiger partial charge in [0.15, 0.2) is 5.13 Å². The molecule has 1 fully saturated rings. The summed E-state index contributed by atoms with van der Waals surface area (Å²) in [5.41, 5.74) is 1.39. The summed E-state index contributed by atoms with van der Waals surface area (Å²) in [4.78, 5) is 8.39. The molecule has 0 aliphatic heterocycles. The number of nitrogens with zero attached hydrogens (tertiary/aromatic N) is 2. The Bertz CT molecular complexity index is 537. The van der Waals surface area contributed by atoms with Crippen LogP contribution in [-0.2, 0) is 17.8 Å². The van der Waals surface area contributed by atoms with Crippen LogP contribution in [0.2, 0.25) is 0 Å². The minimum absolute atomic E-state index is 0.686. The van der Waals surface area contributed by atoms with Gasteiger partial charge in [0.1, 0.15) is 0 Å². The highest BCUT2D eigenvalue weighted by Crippen LogP contribution is 2.35. The van der Waals surface area contributed by atoms with Crippen LogP contribution in [0, 0.1) is 0 Å². The second-order valence-electron chi connectivity index (χ2n) is 5.27. The SMILES string of the molecule is COCCNCc1cnc(N(Cc2ccsc2)C2CC2)s1. The molecule has 6 heteroatoms. The molecule has 0 radical (unpaired) electrons. The number of nitrogens with one attached hydrogen (secondary N) is 1. The predicted octanol–water partition coefficient (Wildman–Crippen LogP) is 3.11. The van der Waals surface area contributed by atoms with Gasteiger partial charge in [0, 0.05) is 43.9 Å². The second-order valence-corrected chi connectivity index (χ2v) is 7.14. The van der Waals surface area contributed by atoms with Gasteiger partial charge in [-0.2, -0.15) is 11.3 Å². The fourth-order valence-electron chi connectivity index (χ4n) is 2.22. The van der Waals surface area contributed by atoms with Gasteiger partial charge in [-0.3, -0.25) is 0 Å². The lowest BCUT2D eigenvalue weighted by Crippen LogP contribution is -2.24. The topological polar surface area (TPSA) is 37.4 Å². The van der Waals surface area contributed by atoms with Gasteiger partial charge in [-0.25, -0.2) is 4.98 Å². The molecule has 1 saturated carbocycles. The third-order valence-corrected chi connectivity index (χ3v) is 5.26. The molecule has 21 heavy (non-hydrogen) atoms. The highest BCUT2D eigenvalue weighted by atomic mass is 32.1. The molecule has 1 aliphatic rings. The summed E-state index contributed by atoms with van der Waals surface area (Å²) in [5, 5.41) is 8.91. The summed E-state index contributed by atoms with van der Waals surface area (Å²) >= 11 is 3.57. The summed E-state index contributed by atoms with van der Waals surface area (Å²) in [6.07, 6.45) is 4.60.